The van der Waals surface area contributed by atoms with Crippen molar-refractivity contribution in [2.45, 2.75) is 61.8 Å². The second-order valence-electron chi connectivity index (χ2n) is 10.7. The molecule has 2 aromatic rings. The molecule has 3 unspecified atom stereocenters. The van der Waals surface area contributed by atoms with E-state index in [9.17, 15) is 18.1 Å². The molecule has 1 heterocycles. The molecule has 0 amide bonds. The first-order valence-electron chi connectivity index (χ1n) is 11.9. The van der Waals surface area contributed by atoms with Crippen LogP contribution in [-0.4, -0.2) is 46.7 Å². The highest BCUT2D eigenvalue weighted by Crippen LogP contribution is 2.59. The van der Waals surface area contributed by atoms with Crippen LogP contribution < -0.4 is 10.5 Å². The molecule has 0 aliphatic heterocycles. The Balaban J connectivity index is 1.46. The quantitative estimate of drug-likeness (QED) is 0.460. The number of aliphatic imine (C=N–C) groups is 1. The summed E-state index contributed by atoms with van der Waals surface area (Å²) >= 11 is 0. The van der Waals surface area contributed by atoms with Crippen molar-refractivity contribution < 1.29 is 17.5 Å². The van der Waals surface area contributed by atoms with E-state index < -0.39 is 26.0 Å². The molecule has 4 aliphatic rings. The van der Waals surface area contributed by atoms with Crippen molar-refractivity contribution in [3.8, 4) is 17.5 Å². The van der Waals surface area contributed by atoms with Gasteiger partial charge in [-0.1, -0.05) is 0 Å². The van der Waals surface area contributed by atoms with Crippen LogP contribution in [0.25, 0.3) is 5.69 Å². The lowest BCUT2D eigenvalue weighted by Gasteiger charge is -2.58. The number of halogens is 1. The summed E-state index contributed by atoms with van der Waals surface area (Å²) in [5.74, 6) is 0.776. The molecule has 8 nitrogen and oxygen atoms in total. The molecule has 4 bridgehead atoms. The lowest BCUT2D eigenvalue weighted by Crippen LogP contribution is -2.60. The topological polar surface area (TPSA) is 123 Å². The molecule has 10 heteroatoms. The smallest absolute Gasteiger partial charge is 0.175 e. The van der Waals surface area contributed by atoms with Crippen LogP contribution in [0.5, 0.6) is 5.75 Å². The van der Waals surface area contributed by atoms with Crippen LogP contribution in [0.4, 0.5) is 4.39 Å². The predicted octanol–water partition coefficient (Wildman–Crippen LogP) is 3.41. The summed E-state index contributed by atoms with van der Waals surface area (Å²) in [6.07, 6.45) is 8.43. The minimum absolute atomic E-state index is 0.0593. The third-order valence-corrected chi connectivity index (χ3v) is 10.3. The molecule has 35 heavy (non-hydrogen) atoms. The number of nitriles is 1. The maximum Gasteiger partial charge on any atom is 0.175 e. The molecule has 1 aromatic heterocycles. The summed E-state index contributed by atoms with van der Waals surface area (Å²) in [4.78, 5) is 4.91. The summed E-state index contributed by atoms with van der Waals surface area (Å²) < 4.78 is 46.5. The molecule has 3 atom stereocenters. The number of hydrogen-bond acceptors (Lipinski definition) is 6. The monoisotopic (exact) mass is 499 g/mol. The number of hydrogen-bond donors (Lipinski definition) is 1. The third-order valence-electron chi connectivity index (χ3n) is 8.21. The Kier molecular flexibility index (Phi) is 5.66. The molecule has 1 aromatic carbocycles. The molecule has 4 saturated carbocycles. The van der Waals surface area contributed by atoms with Crippen molar-refractivity contribution in [2.24, 2.45) is 28.5 Å². The van der Waals surface area contributed by atoms with Crippen molar-refractivity contribution >= 4 is 15.7 Å². The van der Waals surface area contributed by atoms with Crippen molar-refractivity contribution in [2.75, 3.05) is 6.26 Å². The van der Waals surface area contributed by atoms with E-state index in [-0.39, 0.29) is 30.1 Å². The van der Waals surface area contributed by atoms with Crippen LogP contribution in [0.15, 0.2) is 41.7 Å². The molecule has 0 spiro atoms. The molecule has 186 valence electrons. The molecule has 2 N–H and O–H groups in total. The molecular weight excluding hydrogens is 469 g/mol. The zero-order chi connectivity index (χ0) is 25.0. The van der Waals surface area contributed by atoms with Crippen molar-refractivity contribution in [3.05, 3.63) is 42.5 Å². The molecule has 4 aliphatic carbocycles. The highest BCUT2D eigenvalue weighted by atomic mass is 32.2. The van der Waals surface area contributed by atoms with Gasteiger partial charge in [-0.05, 0) is 75.0 Å². The van der Waals surface area contributed by atoms with Crippen LogP contribution in [0.3, 0.4) is 0 Å². The fraction of sp³-hybridized carbons (Fsp3) is 0.560. The van der Waals surface area contributed by atoms with Gasteiger partial charge in [-0.15, -0.1) is 0 Å². The summed E-state index contributed by atoms with van der Waals surface area (Å²) in [5.41, 5.74) is 5.68. The van der Waals surface area contributed by atoms with Gasteiger partial charge in [0.25, 0.3) is 0 Å². The fourth-order valence-corrected chi connectivity index (χ4v) is 8.20. The van der Waals surface area contributed by atoms with Crippen LogP contribution in [0.1, 0.15) is 45.4 Å². The Morgan fingerprint density at radius 3 is 2.69 bits per heavy atom. The van der Waals surface area contributed by atoms with Gasteiger partial charge in [0.1, 0.15) is 23.1 Å². The first kappa shape index (κ1) is 23.8. The Hall–Kier alpha value is -2.93. The number of nitrogens with zero attached hydrogens (tertiary/aromatic N) is 4. The summed E-state index contributed by atoms with van der Waals surface area (Å²) in [6.45, 7) is 1.71. The van der Waals surface area contributed by atoms with E-state index in [4.69, 9.17) is 15.5 Å². The number of nitrogens with two attached hydrogens (primary N) is 1. The summed E-state index contributed by atoms with van der Waals surface area (Å²) in [5, 5.41) is 13.7. The molecule has 6 rings (SSSR count). The van der Waals surface area contributed by atoms with Crippen molar-refractivity contribution in [1.82, 2.24) is 9.78 Å². The number of aromatic nitrogens is 2. The zero-order valence-corrected chi connectivity index (χ0v) is 20.7. The number of rotatable bonds is 7. The number of sulfone groups is 1. The van der Waals surface area contributed by atoms with E-state index in [1.54, 1.807) is 25.4 Å². The van der Waals surface area contributed by atoms with Crippen LogP contribution in [-0.2, 0) is 9.84 Å². The number of benzene rings is 1. The molecule has 0 saturated heterocycles. The first-order chi connectivity index (χ1) is 16.5. The minimum atomic E-state index is -3.17. The summed E-state index contributed by atoms with van der Waals surface area (Å²) in [6, 6.07) is 7.85. The second-order valence-corrected chi connectivity index (χ2v) is 13.1. The van der Waals surface area contributed by atoms with Crippen LogP contribution >= 0.6 is 0 Å². The zero-order valence-electron chi connectivity index (χ0n) is 19.9. The second kappa shape index (κ2) is 8.33. The highest BCUT2D eigenvalue weighted by molar-refractivity contribution is 7.92. The van der Waals surface area contributed by atoms with Gasteiger partial charge in [-0.2, -0.15) is 10.4 Å². The highest BCUT2D eigenvalue weighted by Gasteiger charge is 2.59. The van der Waals surface area contributed by atoms with Gasteiger partial charge >= 0.3 is 0 Å². The van der Waals surface area contributed by atoms with Crippen molar-refractivity contribution in [1.29, 1.82) is 5.26 Å². The van der Waals surface area contributed by atoms with Gasteiger partial charge in [0.2, 0.25) is 0 Å². The van der Waals surface area contributed by atoms with Gasteiger partial charge in [0.15, 0.2) is 15.4 Å². The van der Waals surface area contributed by atoms with E-state index in [1.807, 2.05) is 0 Å². The van der Waals surface area contributed by atoms with Gasteiger partial charge in [0, 0.05) is 24.7 Å². The maximum absolute atomic E-state index is 14.0. The van der Waals surface area contributed by atoms with Crippen LogP contribution in [0.2, 0.25) is 0 Å². The van der Waals surface area contributed by atoms with E-state index in [0.29, 0.717) is 30.2 Å². The van der Waals surface area contributed by atoms with E-state index in [0.717, 1.165) is 19.3 Å². The SMILES string of the molecule is CC(CC#N)(Oc1ccc(F)cc1-n1cccn1)C(N)=NC1C2CC3CC1CC(S(C)(=O)=O)(C3)C2. The fourth-order valence-electron chi connectivity index (χ4n) is 6.62. The normalized spacial score (nSPS) is 31.7. The lowest BCUT2D eigenvalue weighted by molar-refractivity contribution is 0.0140. The third kappa shape index (κ3) is 4.10. The Bertz CT molecular complexity index is 1290. The van der Waals surface area contributed by atoms with E-state index >= 15 is 0 Å². The Morgan fingerprint density at radius 1 is 1.37 bits per heavy atom. The Morgan fingerprint density at radius 2 is 2.09 bits per heavy atom. The van der Waals surface area contributed by atoms with Crippen molar-refractivity contribution in [3.63, 3.8) is 0 Å². The standard InChI is InChI=1S/C25H30FN5O3S/c1-24(6-7-27,34-21-5-4-19(26)12-20(21)31-9-3-8-29-31)23(28)30-22-17-10-16-11-18(22)15-25(13-16,14-17)35(2,32)33/h3-5,8-9,12,16-18,22H,6,10-11,13-15H2,1-2H3,(H2,28,30). The van der Waals surface area contributed by atoms with Gasteiger partial charge < -0.3 is 10.5 Å². The van der Waals surface area contributed by atoms with E-state index in [2.05, 4.69) is 11.2 Å². The Labute approximate surface area is 204 Å². The molecular formula is C25H30FN5O3S. The lowest BCUT2D eigenvalue weighted by atomic mass is 9.54. The summed E-state index contributed by atoms with van der Waals surface area (Å²) in [7, 11) is -3.17. The van der Waals surface area contributed by atoms with Gasteiger partial charge in [-0.3, -0.25) is 4.99 Å². The first-order valence-corrected chi connectivity index (χ1v) is 13.8. The van der Waals surface area contributed by atoms with Gasteiger partial charge in [-0.25, -0.2) is 17.5 Å². The van der Waals surface area contributed by atoms with Gasteiger partial charge in [0.05, 0.1) is 23.3 Å². The molecule has 0 radical (unpaired) electrons. The van der Waals surface area contributed by atoms with Crippen LogP contribution in [0, 0.1) is 34.9 Å². The maximum atomic E-state index is 14.0. The largest absolute Gasteiger partial charge is 0.476 e. The average Bonchev–Trinajstić information content (AvgIpc) is 3.31. The number of amidine groups is 1. The minimum Gasteiger partial charge on any atom is -0.476 e. The molecule has 4 fully saturated rings. The number of ether oxygens (including phenoxy) is 1. The van der Waals surface area contributed by atoms with E-state index in [1.165, 1.54) is 29.1 Å². The predicted molar refractivity (Wildman–Crippen MR) is 129 cm³/mol. The average molecular weight is 500 g/mol.